The summed E-state index contributed by atoms with van der Waals surface area (Å²) in [4.78, 5) is 11.3. The average molecular weight is 204 g/mol. The fourth-order valence-electron chi connectivity index (χ4n) is 1.56. The van der Waals surface area contributed by atoms with Gasteiger partial charge in [0, 0.05) is 17.2 Å². The molecule has 0 fully saturated rings. The molecule has 0 aliphatic rings. The van der Waals surface area contributed by atoms with Gasteiger partial charge >= 0.3 is 0 Å². The molecule has 0 spiro atoms. The number of benzene rings is 1. The molecule has 0 N–H and O–H groups in total. The molecule has 0 aromatic heterocycles. The lowest BCUT2D eigenvalue weighted by molar-refractivity contribution is 0.394. The van der Waals surface area contributed by atoms with Crippen molar-refractivity contribution in [1.82, 2.24) is 0 Å². The highest BCUT2D eigenvalue weighted by molar-refractivity contribution is 5.77. The van der Waals surface area contributed by atoms with Crippen LogP contribution in [0.3, 0.4) is 0 Å². The number of hydrogen-bond acceptors (Lipinski definition) is 3. The molecule has 2 rings (SSSR count). The predicted octanol–water partition coefficient (Wildman–Crippen LogP) is 1.92. The quantitative estimate of drug-likeness (QED) is 0.766. The van der Waals surface area contributed by atoms with Crippen LogP contribution in [0.25, 0.3) is 11.1 Å². The summed E-state index contributed by atoms with van der Waals surface area (Å²) in [5.41, 5.74) is 2.61. The van der Waals surface area contributed by atoms with E-state index < -0.39 is 0 Å². The predicted molar refractivity (Wildman–Crippen MR) is 58.4 cm³/mol. The molecule has 0 amide bonds. The van der Waals surface area contributed by atoms with Crippen molar-refractivity contribution in [2.75, 3.05) is 14.2 Å². The van der Waals surface area contributed by atoms with Crippen molar-refractivity contribution in [3.63, 3.8) is 0 Å². The second-order valence-corrected chi connectivity index (χ2v) is 3.43. The Kier molecular flexibility index (Phi) is 2.23. The van der Waals surface area contributed by atoms with Crippen molar-refractivity contribution in [2.24, 2.45) is 0 Å². The monoisotopic (exact) mass is 204 g/mol. The van der Waals surface area contributed by atoms with Gasteiger partial charge in [0.1, 0.15) is 11.5 Å². The van der Waals surface area contributed by atoms with Crippen LogP contribution < -0.4 is 14.9 Å². The zero-order valence-corrected chi connectivity index (χ0v) is 8.96. The van der Waals surface area contributed by atoms with E-state index in [0.29, 0.717) is 11.5 Å². The van der Waals surface area contributed by atoms with Crippen LogP contribution in [0.2, 0.25) is 0 Å². The van der Waals surface area contributed by atoms with Gasteiger partial charge in [-0.1, -0.05) is 0 Å². The molecule has 3 nitrogen and oxygen atoms in total. The minimum absolute atomic E-state index is 0.130. The molecule has 2 aromatic rings. The Labute approximate surface area is 87.9 Å². The van der Waals surface area contributed by atoms with E-state index in [1.165, 1.54) is 0 Å². The third kappa shape index (κ3) is 1.61. The zero-order valence-electron chi connectivity index (χ0n) is 8.96. The first-order chi connectivity index (χ1) is 7.17. The number of rotatable bonds is 3. The molecule has 0 saturated heterocycles. The van der Waals surface area contributed by atoms with E-state index in [4.69, 9.17) is 9.47 Å². The summed E-state index contributed by atoms with van der Waals surface area (Å²) in [6.07, 6.45) is 0. The molecule has 2 aromatic carbocycles. The van der Waals surface area contributed by atoms with Gasteiger partial charge in [-0.2, -0.15) is 0 Å². The van der Waals surface area contributed by atoms with E-state index in [2.05, 4.69) is 0 Å². The first kappa shape index (κ1) is 9.77. The second kappa shape index (κ2) is 3.42. The van der Waals surface area contributed by atoms with Gasteiger partial charge in [-0.3, -0.25) is 4.79 Å². The van der Waals surface area contributed by atoms with Crippen LogP contribution in [0.15, 0.2) is 23.0 Å². The van der Waals surface area contributed by atoms with E-state index in [9.17, 15) is 4.79 Å². The lowest BCUT2D eigenvalue weighted by Gasteiger charge is -2.05. The summed E-state index contributed by atoms with van der Waals surface area (Å²) >= 11 is 0. The molecule has 0 unspecified atom stereocenters. The van der Waals surface area contributed by atoms with Crippen molar-refractivity contribution < 1.29 is 9.47 Å². The second-order valence-electron chi connectivity index (χ2n) is 3.43. The standard InChI is InChI=1S/C12H12O3/c1-7-11(12(7)13)8-4-9(14-2)6-10(5-8)15-3/h4-6H,1-3H3. The van der Waals surface area contributed by atoms with Crippen LogP contribution in [-0.4, -0.2) is 14.2 Å². The summed E-state index contributed by atoms with van der Waals surface area (Å²) in [5, 5.41) is 0. The van der Waals surface area contributed by atoms with Crippen LogP contribution in [0.1, 0.15) is 5.56 Å². The highest BCUT2D eigenvalue weighted by atomic mass is 16.5. The molecule has 0 bridgehead atoms. The molecule has 0 atom stereocenters. The Morgan fingerprint density at radius 3 is 1.80 bits per heavy atom. The largest absolute Gasteiger partial charge is 0.497 e. The van der Waals surface area contributed by atoms with Gasteiger partial charge in [-0.25, -0.2) is 0 Å². The Bertz CT molecular complexity index is 482. The topological polar surface area (TPSA) is 35.5 Å². The lowest BCUT2D eigenvalue weighted by Crippen LogP contribution is -1.88. The molecular formula is C12H12O3. The third-order valence-corrected chi connectivity index (χ3v) is 2.52. The highest BCUT2D eigenvalue weighted by Crippen LogP contribution is 2.31. The van der Waals surface area contributed by atoms with Gasteiger partial charge < -0.3 is 9.47 Å². The van der Waals surface area contributed by atoms with E-state index in [-0.39, 0.29) is 5.43 Å². The summed E-state index contributed by atoms with van der Waals surface area (Å²) < 4.78 is 10.3. The van der Waals surface area contributed by atoms with Crippen LogP contribution in [0, 0.1) is 6.92 Å². The summed E-state index contributed by atoms with van der Waals surface area (Å²) in [6, 6.07) is 5.46. The summed E-state index contributed by atoms with van der Waals surface area (Å²) in [5.74, 6) is 1.40. The number of methoxy groups -OCH3 is 2. The molecule has 78 valence electrons. The highest BCUT2D eigenvalue weighted by Gasteiger charge is 2.20. The minimum Gasteiger partial charge on any atom is -0.497 e. The van der Waals surface area contributed by atoms with Gasteiger partial charge in [0.15, 0.2) is 5.43 Å². The summed E-state index contributed by atoms with van der Waals surface area (Å²) in [7, 11) is 3.18. The van der Waals surface area contributed by atoms with Crippen molar-refractivity contribution >= 4 is 0 Å². The van der Waals surface area contributed by atoms with Crippen molar-refractivity contribution in [1.29, 1.82) is 0 Å². The van der Waals surface area contributed by atoms with Crippen molar-refractivity contribution in [3.05, 3.63) is 34.0 Å². The molecular weight excluding hydrogens is 192 g/mol. The summed E-state index contributed by atoms with van der Waals surface area (Å²) in [6.45, 7) is 1.82. The normalized spacial score (nSPS) is 10.6. The van der Waals surface area contributed by atoms with Crippen LogP contribution >= 0.6 is 0 Å². The van der Waals surface area contributed by atoms with Gasteiger partial charge in [-0.15, -0.1) is 0 Å². The molecule has 0 saturated carbocycles. The molecule has 3 heteroatoms. The van der Waals surface area contributed by atoms with E-state index in [1.54, 1.807) is 20.3 Å². The fourth-order valence-corrected chi connectivity index (χ4v) is 1.56. The Morgan fingerprint density at radius 1 is 1.00 bits per heavy atom. The van der Waals surface area contributed by atoms with Gasteiger partial charge in [0.25, 0.3) is 0 Å². The van der Waals surface area contributed by atoms with Gasteiger partial charge in [0.05, 0.1) is 14.2 Å². The maximum Gasteiger partial charge on any atom is 0.190 e. The Hall–Kier alpha value is -1.77. The van der Waals surface area contributed by atoms with Crippen molar-refractivity contribution in [3.8, 4) is 22.6 Å². The number of ether oxygens (including phenoxy) is 2. The Balaban J connectivity index is 2.48. The Morgan fingerprint density at radius 2 is 1.47 bits per heavy atom. The van der Waals surface area contributed by atoms with Gasteiger partial charge in [0.2, 0.25) is 0 Å². The first-order valence-electron chi connectivity index (χ1n) is 4.66. The third-order valence-electron chi connectivity index (χ3n) is 2.52. The minimum atomic E-state index is 0.130. The van der Waals surface area contributed by atoms with E-state index >= 15 is 0 Å². The van der Waals surface area contributed by atoms with E-state index in [0.717, 1.165) is 16.7 Å². The molecule has 0 heterocycles. The van der Waals surface area contributed by atoms with Crippen LogP contribution in [-0.2, 0) is 0 Å². The molecule has 15 heavy (non-hydrogen) atoms. The zero-order chi connectivity index (χ0) is 11.0. The van der Waals surface area contributed by atoms with Crippen LogP contribution in [0.4, 0.5) is 0 Å². The number of hydrogen-bond donors (Lipinski definition) is 0. The SMILES string of the molecule is COc1cc(OC)cc(-c2c(C)c2=O)c1. The van der Waals surface area contributed by atoms with Gasteiger partial charge in [-0.05, 0) is 24.6 Å². The molecule has 0 radical (unpaired) electrons. The van der Waals surface area contributed by atoms with Crippen LogP contribution in [0.5, 0.6) is 11.5 Å². The average Bonchev–Trinajstić information content (AvgIpc) is 2.86. The first-order valence-corrected chi connectivity index (χ1v) is 4.66. The fraction of sp³-hybridized carbons (Fsp3) is 0.250. The smallest absolute Gasteiger partial charge is 0.190 e. The molecule has 0 aliphatic heterocycles. The maximum absolute atomic E-state index is 11.3. The molecule has 0 aliphatic carbocycles. The van der Waals surface area contributed by atoms with E-state index in [1.807, 2.05) is 19.1 Å². The maximum atomic E-state index is 11.3. The van der Waals surface area contributed by atoms with Crippen molar-refractivity contribution in [2.45, 2.75) is 6.92 Å². The lowest BCUT2D eigenvalue weighted by atomic mass is 10.1.